The molecule has 82 valence electrons. The van der Waals surface area contributed by atoms with Crippen LogP contribution in [0.1, 0.15) is 0 Å². The van der Waals surface area contributed by atoms with Gasteiger partial charge in [0, 0.05) is 27.2 Å². The molecule has 1 aromatic heterocycles. The maximum Gasteiger partial charge on any atom is 0.256 e. The molecule has 0 aliphatic carbocycles. The molecule has 1 heterocycles. The van der Waals surface area contributed by atoms with Crippen LogP contribution in [0.15, 0.2) is 21.0 Å². The van der Waals surface area contributed by atoms with Gasteiger partial charge in [0.25, 0.3) is 5.56 Å². The summed E-state index contributed by atoms with van der Waals surface area (Å²) in [5.74, 6) is 0.441. The molecule has 0 aromatic carbocycles. The highest BCUT2D eigenvalue weighted by Crippen LogP contribution is 2.12. The normalized spacial score (nSPS) is 10.9. The number of thioether (sulfide) groups is 1. The Hall–Kier alpha value is -1.30. The minimum Gasteiger partial charge on any atom is -0.369 e. The quantitative estimate of drug-likeness (QED) is 0.330. The minimum atomic E-state index is -0.0970. The molecule has 1 rings (SSSR count). The van der Waals surface area contributed by atoms with Crippen LogP contribution in [0, 0.1) is 0 Å². The van der Waals surface area contributed by atoms with Crippen LogP contribution in [0.5, 0.6) is 0 Å². The lowest BCUT2D eigenvalue weighted by Gasteiger charge is -2.05. The maximum atomic E-state index is 11.5. The minimum absolute atomic E-state index is 0.0970. The number of rotatable bonds is 3. The third-order valence-corrected chi connectivity index (χ3v) is 2.41. The number of aliphatic imine (C=N–C) groups is 1. The van der Waals surface area contributed by atoms with Gasteiger partial charge in [0.05, 0.1) is 6.34 Å². The Labute approximate surface area is 92.8 Å². The van der Waals surface area contributed by atoms with E-state index in [4.69, 9.17) is 0 Å². The molecule has 0 amide bonds. The predicted octanol–water partition coefficient (Wildman–Crippen LogP) is 0.724. The maximum absolute atomic E-state index is 11.5. The summed E-state index contributed by atoms with van der Waals surface area (Å²) in [6.45, 7) is 0. The predicted molar refractivity (Wildman–Crippen MR) is 63.1 cm³/mol. The molecule has 0 saturated heterocycles. The van der Waals surface area contributed by atoms with E-state index >= 15 is 0 Å². The summed E-state index contributed by atoms with van der Waals surface area (Å²) >= 11 is 1.42. The molecular formula is C9H14N4OS. The Morgan fingerprint density at radius 2 is 2.27 bits per heavy atom. The van der Waals surface area contributed by atoms with E-state index in [1.54, 1.807) is 18.3 Å². The van der Waals surface area contributed by atoms with Gasteiger partial charge in [-0.3, -0.25) is 9.36 Å². The van der Waals surface area contributed by atoms with Crippen LogP contribution in [-0.4, -0.2) is 41.1 Å². The van der Waals surface area contributed by atoms with E-state index in [1.165, 1.54) is 22.4 Å². The van der Waals surface area contributed by atoms with Gasteiger partial charge in [0.1, 0.15) is 0 Å². The monoisotopic (exact) mass is 226 g/mol. The van der Waals surface area contributed by atoms with Crippen molar-refractivity contribution in [3.63, 3.8) is 0 Å². The smallest absolute Gasteiger partial charge is 0.256 e. The standard InChI is InChI=1S/C9H14N4OS/c1-12(2)6-10-7-5-8(14)13(3)9(11-7)15-4/h5-6H,1-4H3/b10-6+. The molecule has 0 unspecified atom stereocenters. The summed E-state index contributed by atoms with van der Waals surface area (Å²) in [6, 6.07) is 1.42. The van der Waals surface area contributed by atoms with Crippen LogP contribution < -0.4 is 5.56 Å². The van der Waals surface area contributed by atoms with Crippen molar-refractivity contribution in [3.05, 3.63) is 16.4 Å². The Morgan fingerprint density at radius 3 is 2.80 bits per heavy atom. The molecule has 0 saturated carbocycles. The highest BCUT2D eigenvalue weighted by atomic mass is 32.2. The molecule has 6 heteroatoms. The summed E-state index contributed by atoms with van der Waals surface area (Å²) in [5.41, 5.74) is -0.0970. The average molecular weight is 226 g/mol. The number of nitrogens with zero attached hydrogens (tertiary/aromatic N) is 4. The summed E-state index contributed by atoms with van der Waals surface area (Å²) in [4.78, 5) is 21.6. The molecule has 0 spiro atoms. The summed E-state index contributed by atoms with van der Waals surface area (Å²) in [6.07, 6.45) is 3.49. The van der Waals surface area contributed by atoms with Gasteiger partial charge < -0.3 is 4.90 Å². The fourth-order valence-corrected chi connectivity index (χ4v) is 1.48. The zero-order valence-electron chi connectivity index (χ0n) is 9.26. The van der Waals surface area contributed by atoms with E-state index in [1.807, 2.05) is 20.4 Å². The Morgan fingerprint density at radius 1 is 1.60 bits per heavy atom. The van der Waals surface area contributed by atoms with Gasteiger partial charge in [-0.15, -0.1) is 0 Å². The Bertz CT molecular complexity index is 425. The van der Waals surface area contributed by atoms with Crippen LogP contribution >= 0.6 is 11.8 Å². The van der Waals surface area contributed by atoms with Crippen LogP contribution in [0.25, 0.3) is 0 Å². The summed E-state index contributed by atoms with van der Waals surface area (Å²) in [5, 5.41) is 0.661. The first-order valence-electron chi connectivity index (χ1n) is 4.37. The molecule has 0 bridgehead atoms. The second kappa shape index (κ2) is 4.97. The van der Waals surface area contributed by atoms with Crippen molar-refractivity contribution in [1.29, 1.82) is 0 Å². The molecule has 0 aliphatic heterocycles. The van der Waals surface area contributed by atoms with Crippen molar-refractivity contribution in [2.24, 2.45) is 12.0 Å². The Kier molecular flexibility index (Phi) is 3.90. The van der Waals surface area contributed by atoms with Crippen molar-refractivity contribution < 1.29 is 0 Å². The molecule has 0 atom stereocenters. The lowest BCUT2D eigenvalue weighted by atomic mass is 10.6. The highest BCUT2D eigenvalue weighted by molar-refractivity contribution is 7.98. The van der Waals surface area contributed by atoms with Gasteiger partial charge in [0.15, 0.2) is 11.0 Å². The third-order valence-electron chi connectivity index (χ3n) is 1.68. The first-order chi connectivity index (χ1) is 7.04. The van der Waals surface area contributed by atoms with Crippen molar-refractivity contribution >= 4 is 23.9 Å². The van der Waals surface area contributed by atoms with E-state index in [9.17, 15) is 4.79 Å². The van der Waals surface area contributed by atoms with E-state index in [-0.39, 0.29) is 5.56 Å². The molecule has 0 fully saturated rings. The zero-order valence-corrected chi connectivity index (χ0v) is 10.1. The summed E-state index contributed by atoms with van der Waals surface area (Å²) in [7, 11) is 5.42. The average Bonchev–Trinajstić information content (AvgIpc) is 2.19. The van der Waals surface area contributed by atoms with Crippen LogP contribution in [0.3, 0.4) is 0 Å². The van der Waals surface area contributed by atoms with Gasteiger partial charge in [-0.25, -0.2) is 9.98 Å². The van der Waals surface area contributed by atoms with E-state index < -0.39 is 0 Å². The van der Waals surface area contributed by atoms with Gasteiger partial charge >= 0.3 is 0 Å². The highest BCUT2D eigenvalue weighted by Gasteiger charge is 2.02. The van der Waals surface area contributed by atoms with Crippen molar-refractivity contribution in [1.82, 2.24) is 14.5 Å². The van der Waals surface area contributed by atoms with Gasteiger partial charge in [0.2, 0.25) is 0 Å². The molecule has 0 N–H and O–H groups in total. The molecular weight excluding hydrogens is 212 g/mol. The fraction of sp³-hybridized carbons (Fsp3) is 0.444. The van der Waals surface area contributed by atoms with Gasteiger partial charge in [-0.05, 0) is 6.26 Å². The molecule has 0 aliphatic rings. The largest absolute Gasteiger partial charge is 0.369 e. The second-order valence-electron chi connectivity index (χ2n) is 3.21. The summed E-state index contributed by atoms with van der Waals surface area (Å²) < 4.78 is 1.50. The fourth-order valence-electron chi connectivity index (χ4n) is 0.930. The lowest BCUT2D eigenvalue weighted by Crippen LogP contribution is -2.18. The second-order valence-corrected chi connectivity index (χ2v) is 3.98. The molecule has 5 nitrogen and oxygen atoms in total. The number of hydrogen-bond donors (Lipinski definition) is 0. The molecule has 1 aromatic rings. The van der Waals surface area contributed by atoms with Crippen LogP contribution in [0.2, 0.25) is 0 Å². The third kappa shape index (κ3) is 3.09. The number of aromatic nitrogens is 2. The number of hydrogen-bond acceptors (Lipinski definition) is 4. The van der Waals surface area contributed by atoms with Gasteiger partial charge in [-0.1, -0.05) is 11.8 Å². The van der Waals surface area contributed by atoms with Crippen molar-refractivity contribution in [2.75, 3.05) is 20.4 Å². The molecule has 0 radical (unpaired) electrons. The lowest BCUT2D eigenvalue weighted by molar-refractivity contribution is 0.642. The molecule has 15 heavy (non-hydrogen) atoms. The first kappa shape index (κ1) is 11.8. The zero-order chi connectivity index (χ0) is 11.4. The van der Waals surface area contributed by atoms with E-state index in [2.05, 4.69) is 9.98 Å². The van der Waals surface area contributed by atoms with E-state index in [0.717, 1.165) is 0 Å². The first-order valence-corrected chi connectivity index (χ1v) is 5.59. The topological polar surface area (TPSA) is 50.5 Å². The van der Waals surface area contributed by atoms with Crippen molar-refractivity contribution in [3.8, 4) is 0 Å². The van der Waals surface area contributed by atoms with Gasteiger partial charge in [-0.2, -0.15) is 0 Å². The van der Waals surface area contributed by atoms with Crippen molar-refractivity contribution in [2.45, 2.75) is 5.16 Å². The Balaban J connectivity index is 3.12. The van der Waals surface area contributed by atoms with Crippen LogP contribution in [0.4, 0.5) is 5.82 Å². The van der Waals surface area contributed by atoms with Crippen LogP contribution in [-0.2, 0) is 7.05 Å². The SMILES string of the molecule is CSc1nc(/N=C/N(C)C)cc(=O)n1C. The van der Waals surface area contributed by atoms with E-state index in [0.29, 0.717) is 11.0 Å².